The second-order valence-electron chi connectivity index (χ2n) is 5.78. The van der Waals surface area contributed by atoms with E-state index >= 15 is 0 Å². The quantitative estimate of drug-likeness (QED) is 0.609. The summed E-state index contributed by atoms with van der Waals surface area (Å²) in [5.74, 6) is -0.685. The number of sulfone groups is 1. The van der Waals surface area contributed by atoms with E-state index in [0.717, 1.165) is 17.6 Å². The summed E-state index contributed by atoms with van der Waals surface area (Å²) in [4.78, 5) is 28.1. The molecule has 0 unspecified atom stereocenters. The van der Waals surface area contributed by atoms with Crippen LogP contribution < -0.4 is 10.1 Å². The second-order valence-corrected chi connectivity index (χ2v) is 9.05. The van der Waals surface area contributed by atoms with E-state index in [1.54, 1.807) is 12.1 Å². The van der Waals surface area contributed by atoms with Crippen LogP contribution in [0.15, 0.2) is 34.7 Å². The number of thiazole rings is 1. The van der Waals surface area contributed by atoms with E-state index in [1.165, 1.54) is 18.3 Å². The van der Waals surface area contributed by atoms with E-state index in [9.17, 15) is 18.0 Å². The molecule has 0 spiro atoms. The zero-order valence-corrected chi connectivity index (χ0v) is 15.6. The fourth-order valence-electron chi connectivity index (χ4n) is 1.89. The molecule has 25 heavy (non-hydrogen) atoms. The van der Waals surface area contributed by atoms with Crippen molar-refractivity contribution in [3.8, 4) is 5.75 Å². The van der Waals surface area contributed by atoms with Gasteiger partial charge in [-0.2, -0.15) is 0 Å². The van der Waals surface area contributed by atoms with Gasteiger partial charge in [-0.25, -0.2) is 13.4 Å². The Morgan fingerprint density at radius 1 is 1.28 bits per heavy atom. The van der Waals surface area contributed by atoms with Crippen molar-refractivity contribution >= 4 is 38.2 Å². The minimum absolute atomic E-state index is 0.0550. The fraction of sp³-hybridized carbons (Fsp3) is 0.312. The van der Waals surface area contributed by atoms with Gasteiger partial charge < -0.3 is 4.74 Å². The van der Waals surface area contributed by atoms with Crippen molar-refractivity contribution in [2.75, 3.05) is 11.6 Å². The van der Waals surface area contributed by atoms with Crippen molar-refractivity contribution in [3.05, 3.63) is 36.0 Å². The molecule has 0 radical (unpaired) electrons. The van der Waals surface area contributed by atoms with Gasteiger partial charge in [0.25, 0.3) is 5.91 Å². The molecule has 1 amide bonds. The Labute approximate surface area is 150 Å². The van der Waals surface area contributed by atoms with Crippen LogP contribution in [0.5, 0.6) is 5.75 Å². The summed E-state index contributed by atoms with van der Waals surface area (Å²) in [5.41, 5.74) is 0.163. The molecular formula is C16H18N2O5S2. The smallest absolute Gasteiger partial charge is 0.311 e. The molecule has 1 N–H and O–H groups in total. The number of benzene rings is 1. The van der Waals surface area contributed by atoms with Crippen LogP contribution in [0.3, 0.4) is 0 Å². The number of rotatable bonds is 6. The van der Waals surface area contributed by atoms with Gasteiger partial charge in [-0.3, -0.25) is 14.9 Å². The standard InChI is InChI=1S/C16H18N2O5S2/c1-10(2)8-13(19)23-12-7-5-4-6-11(12)15(20)18-16-17-9-14(24-16)25(3,21)22/h4-7,9-10H,8H2,1-3H3,(H,17,18,20). The number of hydrogen-bond donors (Lipinski definition) is 1. The van der Waals surface area contributed by atoms with Crippen LogP contribution >= 0.6 is 11.3 Å². The molecule has 1 aromatic carbocycles. The first-order chi connectivity index (χ1) is 11.7. The van der Waals surface area contributed by atoms with Crippen molar-refractivity contribution in [1.29, 1.82) is 0 Å². The van der Waals surface area contributed by atoms with E-state index in [0.29, 0.717) is 0 Å². The van der Waals surface area contributed by atoms with Crippen LogP contribution in [0.1, 0.15) is 30.6 Å². The lowest BCUT2D eigenvalue weighted by Gasteiger charge is -2.10. The first-order valence-electron chi connectivity index (χ1n) is 7.43. The van der Waals surface area contributed by atoms with Crippen molar-refractivity contribution in [3.63, 3.8) is 0 Å². The number of amides is 1. The Morgan fingerprint density at radius 2 is 1.96 bits per heavy atom. The summed E-state index contributed by atoms with van der Waals surface area (Å²) in [7, 11) is -3.38. The molecule has 0 bridgehead atoms. The maximum Gasteiger partial charge on any atom is 0.311 e. The lowest BCUT2D eigenvalue weighted by molar-refractivity contribution is -0.135. The van der Waals surface area contributed by atoms with Crippen LogP contribution in [-0.2, 0) is 14.6 Å². The molecule has 2 aromatic rings. The predicted molar refractivity (Wildman–Crippen MR) is 94.7 cm³/mol. The SMILES string of the molecule is CC(C)CC(=O)Oc1ccccc1C(=O)Nc1ncc(S(C)(=O)=O)s1. The van der Waals surface area contributed by atoms with Gasteiger partial charge in [0.1, 0.15) is 9.96 Å². The molecule has 1 aromatic heterocycles. The van der Waals surface area contributed by atoms with Gasteiger partial charge in [-0.05, 0) is 18.1 Å². The van der Waals surface area contributed by atoms with Gasteiger partial charge in [-0.15, -0.1) is 0 Å². The van der Waals surface area contributed by atoms with E-state index in [-0.39, 0.29) is 33.0 Å². The minimum Gasteiger partial charge on any atom is -0.426 e. The second kappa shape index (κ2) is 7.75. The third-order valence-electron chi connectivity index (χ3n) is 3.00. The van der Waals surface area contributed by atoms with Gasteiger partial charge in [-0.1, -0.05) is 37.3 Å². The Bertz CT molecular complexity index is 887. The molecule has 1 heterocycles. The van der Waals surface area contributed by atoms with E-state index in [4.69, 9.17) is 4.74 Å². The first-order valence-corrected chi connectivity index (χ1v) is 10.1. The molecule has 0 aliphatic heterocycles. The lowest BCUT2D eigenvalue weighted by Crippen LogP contribution is -2.16. The van der Waals surface area contributed by atoms with Gasteiger partial charge in [0, 0.05) is 12.7 Å². The summed E-state index contributed by atoms with van der Waals surface area (Å²) in [5, 5.41) is 2.66. The zero-order chi connectivity index (χ0) is 18.6. The van der Waals surface area contributed by atoms with Crippen LogP contribution in [0, 0.1) is 5.92 Å². The lowest BCUT2D eigenvalue weighted by atomic mass is 10.1. The maximum absolute atomic E-state index is 12.4. The highest BCUT2D eigenvalue weighted by atomic mass is 32.2. The summed E-state index contributed by atoms with van der Waals surface area (Å²) in [6.07, 6.45) is 2.49. The number of nitrogens with one attached hydrogen (secondary N) is 1. The van der Waals surface area contributed by atoms with Crippen molar-refractivity contribution in [1.82, 2.24) is 4.98 Å². The van der Waals surface area contributed by atoms with Gasteiger partial charge in [0.15, 0.2) is 15.0 Å². The molecule has 0 atom stereocenters. The molecule has 0 aliphatic rings. The monoisotopic (exact) mass is 382 g/mol. The highest BCUT2D eigenvalue weighted by Crippen LogP contribution is 2.25. The maximum atomic E-state index is 12.4. The highest BCUT2D eigenvalue weighted by molar-refractivity contribution is 7.92. The normalized spacial score (nSPS) is 11.4. The number of hydrogen-bond acceptors (Lipinski definition) is 7. The van der Waals surface area contributed by atoms with E-state index in [1.807, 2.05) is 13.8 Å². The molecule has 9 heteroatoms. The fourth-order valence-corrected chi connectivity index (χ4v) is 3.53. The number of carbonyl (C=O) groups is 2. The molecule has 0 saturated heterocycles. The van der Waals surface area contributed by atoms with Crippen molar-refractivity contribution in [2.45, 2.75) is 24.5 Å². The van der Waals surface area contributed by atoms with Crippen LogP contribution in [0.25, 0.3) is 0 Å². The number of anilines is 1. The third-order valence-corrected chi connectivity index (χ3v) is 5.70. The Balaban J connectivity index is 2.17. The third kappa shape index (κ3) is 5.36. The molecule has 7 nitrogen and oxygen atoms in total. The summed E-state index contributed by atoms with van der Waals surface area (Å²) in [6, 6.07) is 6.33. The van der Waals surface area contributed by atoms with Crippen LogP contribution in [0.4, 0.5) is 5.13 Å². The first kappa shape index (κ1) is 19.1. The average Bonchev–Trinajstić information content (AvgIpc) is 2.95. The number of carbonyl (C=O) groups excluding carboxylic acids is 2. The number of para-hydroxylation sites is 1. The molecule has 2 rings (SSSR count). The number of nitrogens with zero attached hydrogens (tertiary/aromatic N) is 1. The Morgan fingerprint density at radius 3 is 2.56 bits per heavy atom. The van der Waals surface area contributed by atoms with Gasteiger partial charge in [0.05, 0.1) is 11.8 Å². The van der Waals surface area contributed by atoms with E-state index < -0.39 is 21.7 Å². The number of aromatic nitrogens is 1. The Hall–Kier alpha value is -2.26. The average molecular weight is 382 g/mol. The van der Waals surface area contributed by atoms with Crippen LogP contribution in [-0.4, -0.2) is 31.5 Å². The Kier molecular flexibility index (Phi) is 5.91. The molecule has 134 valence electrons. The van der Waals surface area contributed by atoms with Gasteiger partial charge in [0.2, 0.25) is 0 Å². The number of esters is 1. The van der Waals surface area contributed by atoms with Crippen LogP contribution in [0.2, 0.25) is 0 Å². The van der Waals surface area contributed by atoms with Crippen molar-refractivity contribution < 1.29 is 22.7 Å². The summed E-state index contributed by atoms with van der Waals surface area (Å²) >= 11 is 0.852. The summed E-state index contributed by atoms with van der Waals surface area (Å²) < 4.78 is 28.2. The zero-order valence-electron chi connectivity index (χ0n) is 14.0. The highest BCUT2D eigenvalue weighted by Gasteiger charge is 2.18. The largest absolute Gasteiger partial charge is 0.426 e. The number of ether oxygens (including phenoxy) is 1. The topological polar surface area (TPSA) is 102 Å². The van der Waals surface area contributed by atoms with E-state index in [2.05, 4.69) is 10.3 Å². The molecule has 0 fully saturated rings. The van der Waals surface area contributed by atoms with Crippen molar-refractivity contribution in [2.24, 2.45) is 5.92 Å². The molecule has 0 saturated carbocycles. The summed E-state index contributed by atoms with van der Waals surface area (Å²) in [6.45, 7) is 3.78. The predicted octanol–water partition coefficient (Wildman–Crippen LogP) is 2.75. The van der Waals surface area contributed by atoms with Gasteiger partial charge >= 0.3 is 5.97 Å². The minimum atomic E-state index is -3.38. The molecule has 0 aliphatic carbocycles. The molecular weight excluding hydrogens is 364 g/mol.